The van der Waals surface area contributed by atoms with Crippen LogP contribution in [0.25, 0.3) is 0 Å². The van der Waals surface area contributed by atoms with Gasteiger partial charge in [0.15, 0.2) is 0 Å². The van der Waals surface area contributed by atoms with Crippen LogP contribution in [-0.2, 0) is 6.16 Å². The molecule has 134 valence electrons. The summed E-state index contributed by atoms with van der Waals surface area (Å²) in [5.41, 5.74) is 1.25. The van der Waals surface area contributed by atoms with Gasteiger partial charge < -0.3 is 0 Å². The van der Waals surface area contributed by atoms with E-state index in [9.17, 15) is 5.11 Å². The maximum absolute atomic E-state index is 9.72. The van der Waals surface area contributed by atoms with Gasteiger partial charge in [-0.15, -0.1) is 0 Å². The van der Waals surface area contributed by atoms with Crippen LogP contribution in [0.2, 0.25) is 0 Å². The van der Waals surface area contributed by atoms with Crippen LogP contribution in [0, 0.1) is 0 Å². The Labute approximate surface area is 161 Å². The van der Waals surface area contributed by atoms with Crippen molar-refractivity contribution < 1.29 is 5.11 Å². The van der Waals surface area contributed by atoms with Crippen molar-refractivity contribution in [3.63, 3.8) is 0 Å². The molecule has 0 saturated carbocycles. The summed E-state index contributed by atoms with van der Waals surface area (Å²) in [7, 11) is -2.26. The Morgan fingerprint density at radius 3 is 1.22 bits per heavy atom. The summed E-state index contributed by atoms with van der Waals surface area (Å²) < 4.78 is 0. The van der Waals surface area contributed by atoms with E-state index in [2.05, 4.69) is 91.0 Å². The van der Waals surface area contributed by atoms with E-state index in [1.165, 1.54) is 21.5 Å². The SMILES string of the molecule is Oc1ccc(C[PH](c2ccccc2)(c2ccccc2)c2ccccc2)cc1. The minimum absolute atomic E-state index is 0.310. The zero-order valence-corrected chi connectivity index (χ0v) is 16.1. The number of phenols is 1. The van der Waals surface area contributed by atoms with Gasteiger partial charge in [0, 0.05) is 0 Å². The standard InChI is InChI=1S/C25H23OP/c26-22-18-16-21(17-19-22)20-27(23-10-4-1-5-11-23,24-12-6-2-7-13-24)25-14-8-3-9-15-25/h1-19,26-27H,20H2. The minimum atomic E-state index is -2.26. The zero-order valence-electron chi connectivity index (χ0n) is 15.1. The first-order valence-electron chi connectivity index (χ1n) is 9.23. The monoisotopic (exact) mass is 370 g/mol. The molecule has 0 aliphatic carbocycles. The molecular formula is C25H23OP. The molecule has 4 aromatic carbocycles. The van der Waals surface area contributed by atoms with Gasteiger partial charge in [0.1, 0.15) is 0 Å². The molecule has 0 aromatic heterocycles. The molecule has 0 amide bonds. The molecule has 0 fully saturated rings. The van der Waals surface area contributed by atoms with Gasteiger partial charge in [0.25, 0.3) is 0 Å². The van der Waals surface area contributed by atoms with Crippen molar-refractivity contribution in [2.75, 3.05) is 0 Å². The van der Waals surface area contributed by atoms with Gasteiger partial charge in [-0.2, -0.15) is 0 Å². The second-order valence-electron chi connectivity index (χ2n) is 6.85. The number of phenolic OH excluding ortho intramolecular Hbond substituents is 1. The molecule has 0 radical (unpaired) electrons. The van der Waals surface area contributed by atoms with Gasteiger partial charge in [-0.1, -0.05) is 0 Å². The van der Waals surface area contributed by atoms with Crippen LogP contribution in [0.3, 0.4) is 0 Å². The molecule has 0 aliphatic rings. The van der Waals surface area contributed by atoms with Crippen LogP contribution >= 0.6 is 7.26 Å². The van der Waals surface area contributed by atoms with E-state index in [1.807, 2.05) is 12.1 Å². The molecule has 0 atom stereocenters. The number of hydrogen-bond acceptors (Lipinski definition) is 1. The fraction of sp³-hybridized carbons (Fsp3) is 0.0400. The second kappa shape index (κ2) is 7.78. The predicted molar refractivity (Wildman–Crippen MR) is 118 cm³/mol. The van der Waals surface area contributed by atoms with Crippen molar-refractivity contribution in [3.05, 3.63) is 121 Å². The van der Waals surface area contributed by atoms with E-state index in [0.29, 0.717) is 5.75 Å². The Kier molecular flexibility index (Phi) is 5.05. The molecule has 0 spiro atoms. The predicted octanol–water partition coefficient (Wildman–Crippen LogP) is 4.62. The fourth-order valence-corrected chi connectivity index (χ4v) is 8.64. The van der Waals surface area contributed by atoms with Crippen LogP contribution in [-0.4, -0.2) is 5.11 Å². The normalized spacial score (nSPS) is 11.9. The number of benzene rings is 4. The molecule has 0 aliphatic heterocycles. The Bertz CT molecular complexity index is 884. The number of rotatable bonds is 5. The molecule has 27 heavy (non-hydrogen) atoms. The molecular weight excluding hydrogens is 347 g/mol. The van der Waals surface area contributed by atoms with Crippen molar-refractivity contribution in [1.29, 1.82) is 0 Å². The van der Waals surface area contributed by atoms with E-state index in [4.69, 9.17) is 0 Å². The van der Waals surface area contributed by atoms with Crippen LogP contribution in [0.4, 0.5) is 0 Å². The van der Waals surface area contributed by atoms with Crippen LogP contribution in [0.1, 0.15) is 5.56 Å². The van der Waals surface area contributed by atoms with E-state index >= 15 is 0 Å². The fourth-order valence-electron chi connectivity index (χ4n) is 3.89. The molecule has 4 rings (SSSR count). The van der Waals surface area contributed by atoms with E-state index in [-0.39, 0.29) is 0 Å². The van der Waals surface area contributed by atoms with Gasteiger partial charge in [-0.25, -0.2) is 0 Å². The van der Waals surface area contributed by atoms with Crippen LogP contribution < -0.4 is 15.9 Å². The average molecular weight is 370 g/mol. The van der Waals surface area contributed by atoms with Crippen LogP contribution in [0.15, 0.2) is 115 Å². The molecule has 0 bridgehead atoms. The summed E-state index contributed by atoms with van der Waals surface area (Å²) >= 11 is 0. The van der Waals surface area contributed by atoms with Crippen molar-refractivity contribution in [1.82, 2.24) is 0 Å². The Morgan fingerprint density at radius 1 is 0.481 bits per heavy atom. The van der Waals surface area contributed by atoms with Crippen molar-refractivity contribution in [3.8, 4) is 5.75 Å². The maximum atomic E-state index is 9.72. The summed E-state index contributed by atoms with van der Waals surface area (Å²) in [6.45, 7) is 0. The quantitative estimate of drug-likeness (QED) is 0.508. The second-order valence-corrected chi connectivity index (χ2v) is 10.7. The van der Waals surface area contributed by atoms with Gasteiger partial charge in [-0.3, -0.25) is 0 Å². The Hall–Kier alpha value is -2.89. The topological polar surface area (TPSA) is 20.2 Å². The van der Waals surface area contributed by atoms with Crippen molar-refractivity contribution >= 4 is 23.2 Å². The third-order valence-electron chi connectivity index (χ3n) is 5.21. The molecule has 2 heteroatoms. The van der Waals surface area contributed by atoms with Crippen LogP contribution in [0.5, 0.6) is 5.75 Å². The van der Waals surface area contributed by atoms with Gasteiger partial charge in [-0.05, 0) is 0 Å². The van der Waals surface area contributed by atoms with E-state index < -0.39 is 7.26 Å². The molecule has 0 saturated heterocycles. The van der Waals surface area contributed by atoms with E-state index in [1.54, 1.807) is 12.1 Å². The molecule has 0 unspecified atom stereocenters. The van der Waals surface area contributed by atoms with Gasteiger partial charge in [0.05, 0.1) is 0 Å². The number of hydrogen-bond donors (Lipinski definition) is 1. The summed E-state index contributed by atoms with van der Waals surface area (Å²) in [4.78, 5) is 0. The number of aromatic hydroxyl groups is 1. The van der Waals surface area contributed by atoms with E-state index in [0.717, 1.165) is 6.16 Å². The summed E-state index contributed by atoms with van der Waals surface area (Å²) in [6, 6.07) is 40.4. The van der Waals surface area contributed by atoms with Gasteiger partial charge >= 0.3 is 161 Å². The van der Waals surface area contributed by atoms with Gasteiger partial charge in [0.2, 0.25) is 0 Å². The summed E-state index contributed by atoms with van der Waals surface area (Å²) in [6.07, 6.45) is 0.950. The third-order valence-corrected chi connectivity index (χ3v) is 10.1. The molecule has 4 aromatic rings. The first kappa shape index (κ1) is 17.5. The average Bonchev–Trinajstić information content (AvgIpc) is 2.75. The third kappa shape index (κ3) is 3.52. The summed E-state index contributed by atoms with van der Waals surface area (Å²) in [5, 5.41) is 13.9. The molecule has 1 N–H and O–H groups in total. The zero-order chi connectivity index (χ0) is 18.5. The molecule has 1 nitrogen and oxygen atoms in total. The van der Waals surface area contributed by atoms with Crippen molar-refractivity contribution in [2.45, 2.75) is 6.16 Å². The Morgan fingerprint density at radius 2 is 0.852 bits per heavy atom. The summed E-state index contributed by atoms with van der Waals surface area (Å²) in [5.74, 6) is 0.310. The van der Waals surface area contributed by atoms with Crippen molar-refractivity contribution in [2.24, 2.45) is 0 Å². The molecule has 0 heterocycles. The Balaban J connectivity index is 1.98. The first-order chi connectivity index (χ1) is 13.3. The first-order valence-corrected chi connectivity index (χ1v) is 11.4.